The number of carbonyl (C=O) groups is 2. The molecule has 0 aromatic heterocycles. The molecule has 0 aliphatic carbocycles. The zero-order valence-corrected chi connectivity index (χ0v) is 18.9. The van der Waals surface area contributed by atoms with Crippen LogP contribution in [0.1, 0.15) is 6.42 Å². The summed E-state index contributed by atoms with van der Waals surface area (Å²) < 4.78 is 5.47. The van der Waals surface area contributed by atoms with Crippen LogP contribution in [-0.2, 0) is 9.59 Å². The Bertz CT molecular complexity index is 885. The van der Waals surface area contributed by atoms with Crippen molar-refractivity contribution in [1.29, 1.82) is 0 Å². The van der Waals surface area contributed by atoms with Gasteiger partial charge < -0.3 is 20.3 Å². The van der Waals surface area contributed by atoms with Crippen LogP contribution in [0.4, 0.5) is 11.4 Å². The molecule has 0 unspecified atom stereocenters. The van der Waals surface area contributed by atoms with Gasteiger partial charge in [-0.3, -0.25) is 14.5 Å². The van der Waals surface area contributed by atoms with Crippen LogP contribution in [0.2, 0.25) is 0 Å². The van der Waals surface area contributed by atoms with Gasteiger partial charge in [-0.1, -0.05) is 18.2 Å². The van der Waals surface area contributed by atoms with Crippen LogP contribution in [0, 0.1) is 0 Å². The summed E-state index contributed by atoms with van der Waals surface area (Å²) in [5.41, 5.74) is 1.76. The van der Waals surface area contributed by atoms with E-state index >= 15 is 0 Å². The highest BCUT2D eigenvalue weighted by molar-refractivity contribution is 7.98. The molecule has 1 aliphatic rings. The molecule has 0 radical (unpaired) electrons. The number of anilines is 2. The topological polar surface area (TPSA) is 73.9 Å². The van der Waals surface area contributed by atoms with E-state index in [1.54, 1.807) is 24.9 Å². The van der Waals surface area contributed by atoms with Crippen LogP contribution in [0.25, 0.3) is 0 Å². The highest BCUT2D eigenvalue weighted by Gasteiger charge is 2.19. The maximum Gasteiger partial charge on any atom is 0.313 e. The fourth-order valence-electron chi connectivity index (χ4n) is 3.58. The Morgan fingerprint density at radius 1 is 1.03 bits per heavy atom. The van der Waals surface area contributed by atoms with Crippen molar-refractivity contribution in [3.8, 4) is 5.75 Å². The Morgan fingerprint density at radius 3 is 2.55 bits per heavy atom. The van der Waals surface area contributed by atoms with Crippen molar-refractivity contribution in [2.24, 2.45) is 0 Å². The molecule has 1 heterocycles. The van der Waals surface area contributed by atoms with E-state index in [1.165, 1.54) is 0 Å². The Morgan fingerprint density at radius 2 is 1.81 bits per heavy atom. The summed E-state index contributed by atoms with van der Waals surface area (Å²) in [5, 5.41) is 5.36. The summed E-state index contributed by atoms with van der Waals surface area (Å²) in [5.74, 6) is -0.337. The standard InChI is InChI=1S/C23H30N4O3S/c1-30-21-10-4-3-9-20(21)27-15-13-26(14-16-27)12-6-11-24-22(28)23(29)25-18-7-5-8-19(17-18)31-2/h3-5,7-10,17H,6,11-16H2,1-2H3,(H,24,28)(H,25,29). The van der Waals surface area contributed by atoms with Crippen molar-refractivity contribution < 1.29 is 14.3 Å². The first kappa shape index (κ1) is 23.0. The van der Waals surface area contributed by atoms with Crippen molar-refractivity contribution >= 4 is 35.0 Å². The van der Waals surface area contributed by atoms with Crippen molar-refractivity contribution in [3.63, 3.8) is 0 Å². The first-order valence-corrected chi connectivity index (χ1v) is 11.7. The molecule has 2 aromatic rings. The summed E-state index contributed by atoms with van der Waals surface area (Å²) in [6, 6.07) is 15.5. The Balaban J connectivity index is 1.34. The number of nitrogens with zero attached hydrogens (tertiary/aromatic N) is 2. The van der Waals surface area contributed by atoms with E-state index in [4.69, 9.17) is 4.74 Å². The molecule has 0 atom stereocenters. The van der Waals surface area contributed by atoms with E-state index in [9.17, 15) is 9.59 Å². The van der Waals surface area contributed by atoms with Crippen LogP contribution in [-0.4, -0.2) is 69.3 Å². The molecule has 2 amide bonds. The van der Waals surface area contributed by atoms with E-state index < -0.39 is 11.8 Å². The van der Waals surface area contributed by atoms with Gasteiger partial charge in [0.05, 0.1) is 12.8 Å². The molecular weight excluding hydrogens is 412 g/mol. The zero-order valence-electron chi connectivity index (χ0n) is 18.1. The van der Waals surface area contributed by atoms with Crippen molar-refractivity contribution in [3.05, 3.63) is 48.5 Å². The number of amides is 2. The molecular formula is C23H30N4O3S. The predicted octanol–water partition coefficient (Wildman–Crippen LogP) is 2.68. The number of thioether (sulfide) groups is 1. The van der Waals surface area contributed by atoms with E-state index in [-0.39, 0.29) is 0 Å². The average molecular weight is 443 g/mol. The molecule has 31 heavy (non-hydrogen) atoms. The molecule has 0 saturated carbocycles. The lowest BCUT2D eigenvalue weighted by molar-refractivity contribution is -0.136. The minimum absolute atomic E-state index is 0.476. The van der Waals surface area contributed by atoms with Crippen molar-refractivity contribution in [2.75, 3.05) is 62.9 Å². The molecule has 0 spiro atoms. The normalized spacial score (nSPS) is 14.2. The third-order valence-corrected chi connectivity index (χ3v) is 5.99. The Labute approximate surface area is 188 Å². The summed E-state index contributed by atoms with van der Waals surface area (Å²) in [6.07, 6.45) is 2.77. The number of carbonyl (C=O) groups excluding carboxylic acids is 2. The van der Waals surface area contributed by atoms with Crippen LogP contribution < -0.4 is 20.3 Å². The van der Waals surface area contributed by atoms with Crippen molar-refractivity contribution in [1.82, 2.24) is 10.2 Å². The SMILES string of the molecule is COc1ccccc1N1CCN(CCCNC(=O)C(=O)Nc2cccc(SC)c2)CC1. The average Bonchev–Trinajstić information content (AvgIpc) is 2.82. The van der Waals surface area contributed by atoms with Gasteiger partial charge in [0, 0.05) is 43.3 Å². The summed E-state index contributed by atoms with van der Waals surface area (Å²) in [6.45, 7) is 5.15. The largest absolute Gasteiger partial charge is 0.495 e. The lowest BCUT2D eigenvalue weighted by Crippen LogP contribution is -2.47. The molecule has 1 aliphatic heterocycles. The van der Waals surface area contributed by atoms with Gasteiger partial charge in [-0.25, -0.2) is 0 Å². The second-order valence-electron chi connectivity index (χ2n) is 7.30. The molecule has 1 saturated heterocycles. The molecule has 3 rings (SSSR count). The number of rotatable bonds is 8. The molecule has 8 heteroatoms. The van der Waals surface area contributed by atoms with Gasteiger partial charge in [0.2, 0.25) is 0 Å². The van der Waals surface area contributed by atoms with E-state index in [0.717, 1.165) is 55.5 Å². The second kappa shape index (κ2) is 11.6. The lowest BCUT2D eigenvalue weighted by Gasteiger charge is -2.36. The van der Waals surface area contributed by atoms with Gasteiger partial charge in [0.15, 0.2) is 0 Å². The lowest BCUT2D eigenvalue weighted by atomic mass is 10.2. The first-order valence-electron chi connectivity index (χ1n) is 10.4. The highest BCUT2D eigenvalue weighted by atomic mass is 32.2. The maximum atomic E-state index is 12.1. The minimum Gasteiger partial charge on any atom is -0.495 e. The van der Waals surface area contributed by atoms with E-state index in [2.05, 4.69) is 26.5 Å². The third kappa shape index (κ3) is 6.63. The quantitative estimate of drug-likeness (QED) is 0.372. The number of benzene rings is 2. The second-order valence-corrected chi connectivity index (χ2v) is 8.18. The van der Waals surface area contributed by atoms with Gasteiger partial charge in [-0.15, -0.1) is 11.8 Å². The van der Waals surface area contributed by atoms with Gasteiger partial charge in [-0.05, 0) is 49.6 Å². The van der Waals surface area contributed by atoms with E-state index in [0.29, 0.717) is 12.2 Å². The predicted molar refractivity (Wildman–Crippen MR) is 126 cm³/mol. The van der Waals surface area contributed by atoms with Crippen LogP contribution in [0.5, 0.6) is 5.75 Å². The first-order chi connectivity index (χ1) is 15.1. The Hall–Kier alpha value is -2.71. The van der Waals surface area contributed by atoms with Crippen LogP contribution >= 0.6 is 11.8 Å². The number of piperazine rings is 1. The number of hydrogen-bond acceptors (Lipinski definition) is 6. The number of para-hydroxylation sites is 2. The maximum absolute atomic E-state index is 12.1. The zero-order chi connectivity index (χ0) is 22.1. The van der Waals surface area contributed by atoms with Crippen LogP contribution in [0.3, 0.4) is 0 Å². The molecule has 0 bridgehead atoms. The smallest absolute Gasteiger partial charge is 0.313 e. The molecule has 166 valence electrons. The van der Waals surface area contributed by atoms with Crippen LogP contribution in [0.15, 0.2) is 53.4 Å². The van der Waals surface area contributed by atoms with Gasteiger partial charge >= 0.3 is 11.8 Å². The highest BCUT2D eigenvalue weighted by Crippen LogP contribution is 2.28. The number of ether oxygens (including phenoxy) is 1. The minimum atomic E-state index is -0.635. The fraction of sp³-hybridized carbons (Fsp3) is 0.391. The van der Waals surface area contributed by atoms with Gasteiger partial charge in [-0.2, -0.15) is 0 Å². The molecule has 1 fully saturated rings. The van der Waals surface area contributed by atoms with E-state index in [1.807, 2.05) is 42.7 Å². The third-order valence-electron chi connectivity index (χ3n) is 5.27. The van der Waals surface area contributed by atoms with Gasteiger partial charge in [0.25, 0.3) is 0 Å². The fourth-order valence-corrected chi connectivity index (χ4v) is 4.04. The Kier molecular flexibility index (Phi) is 8.61. The summed E-state index contributed by atoms with van der Waals surface area (Å²) >= 11 is 1.58. The number of nitrogens with one attached hydrogen (secondary N) is 2. The monoisotopic (exact) mass is 442 g/mol. The van der Waals surface area contributed by atoms with Gasteiger partial charge in [0.1, 0.15) is 5.75 Å². The summed E-state index contributed by atoms with van der Waals surface area (Å²) in [4.78, 5) is 29.9. The number of methoxy groups -OCH3 is 1. The molecule has 7 nitrogen and oxygen atoms in total. The molecule has 2 aromatic carbocycles. The number of hydrogen-bond donors (Lipinski definition) is 2. The van der Waals surface area contributed by atoms with Crippen molar-refractivity contribution in [2.45, 2.75) is 11.3 Å². The summed E-state index contributed by atoms with van der Waals surface area (Å²) in [7, 11) is 1.70. The molecule has 2 N–H and O–H groups in total.